The van der Waals surface area contributed by atoms with Crippen molar-refractivity contribution in [2.75, 3.05) is 11.1 Å². The average molecular weight is 568 g/mol. The van der Waals surface area contributed by atoms with E-state index in [1.165, 1.54) is 35.2 Å². The van der Waals surface area contributed by atoms with E-state index in [2.05, 4.69) is 31.8 Å². The number of thioether (sulfide) groups is 1. The highest BCUT2D eigenvalue weighted by Crippen LogP contribution is 2.32. The van der Waals surface area contributed by atoms with Gasteiger partial charge < -0.3 is 10.1 Å². The van der Waals surface area contributed by atoms with Crippen LogP contribution in [0.1, 0.15) is 0 Å². The molecule has 4 aromatic rings. The molecule has 7 nitrogen and oxygen atoms in total. The number of thiazole rings is 1. The largest absolute Gasteiger partial charge is 0.435 e. The fourth-order valence-corrected chi connectivity index (χ4v) is 5.11. The predicted octanol–water partition coefficient (Wildman–Crippen LogP) is 6.89. The van der Waals surface area contributed by atoms with E-state index in [0.29, 0.717) is 49.5 Å². The van der Waals surface area contributed by atoms with Crippen molar-refractivity contribution in [2.45, 2.75) is 18.3 Å². The van der Waals surface area contributed by atoms with Crippen molar-refractivity contribution in [1.29, 1.82) is 0 Å². The van der Waals surface area contributed by atoms with Crippen LogP contribution in [-0.2, 0) is 11.3 Å². The minimum absolute atomic E-state index is 0.0403. The fourth-order valence-electron chi connectivity index (χ4n) is 3.13. The first-order valence-electron chi connectivity index (χ1n) is 10.3. The van der Waals surface area contributed by atoms with Gasteiger partial charge in [-0.05, 0) is 42.5 Å². The van der Waals surface area contributed by atoms with Gasteiger partial charge in [0.2, 0.25) is 5.91 Å². The van der Waals surface area contributed by atoms with Gasteiger partial charge in [0, 0.05) is 28.1 Å². The third kappa shape index (κ3) is 6.41. The van der Waals surface area contributed by atoms with Crippen LogP contribution in [0.3, 0.4) is 0 Å². The molecule has 0 unspecified atom stereocenters. The number of aromatic nitrogens is 4. The molecule has 0 saturated heterocycles. The van der Waals surface area contributed by atoms with Crippen LogP contribution in [0.4, 0.5) is 13.9 Å². The second-order valence-electron chi connectivity index (χ2n) is 7.11. The summed E-state index contributed by atoms with van der Waals surface area (Å²) in [7, 11) is 0. The topological polar surface area (TPSA) is 81.9 Å². The number of amides is 1. The van der Waals surface area contributed by atoms with Crippen LogP contribution in [0.5, 0.6) is 5.75 Å². The minimum atomic E-state index is -2.90. The second kappa shape index (κ2) is 11.8. The SMILES string of the molecule is C=CCn1c(SCC(=O)Nc2nc(-c3ccc(Cl)cc3Cl)cs2)nnc1-c1ccc(OC(F)F)cc1. The Morgan fingerprint density at radius 1 is 1.22 bits per heavy atom. The highest BCUT2D eigenvalue weighted by atomic mass is 35.5. The summed E-state index contributed by atoms with van der Waals surface area (Å²) >= 11 is 14.7. The molecule has 0 fully saturated rings. The number of allylic oxidation sites excluding steroid dienone is 1. The Morgan fingerprint density at radius 3 is 2.69 bits per heavy atom. The Kier molecular flexibility index (Phi) is 8.57. The number of nitrogens with one attached hydrogen (secondary N) is 1. The van der Waals surface area contributed by atoms with E-state index in [4.69, 9.17) is 23.2 Å². The summed E-state index contributed by atoms with van der Waals surface area (Å²) in [5, 5.41) is 14.9. The maximum Gasteiger partial charge on any atom is 0.387 e. The number of nitrogens with zero attached hydrogens (tertiary/aromatic N) is 4. The number of anilines is 1. The van der Waals surface area contributed by atoms with Gasteiger partial charge >= 0.3 is 6.61 Å². The molecule has 0 aliphatic rings. The van der Waals surface area contributed by atoms with E-state index in [0.717, 1.165) is 0 Å². The molecule has 0 aliphatic carbocycles. The zero-order valence-electron chi connectivity index (χ0n) is 18.3. The summed E-state index contributed by atoms with van der Waals surface area (Å²) in [5.41, 5.74) is 1.99. The van der Waals surface area contributed by atoms with Gasteiger partial charge in [-0.2, -0.15) is 8.78 Å². The zero-order valence-corrected chi connectivity index (χ0v) is 21.5. The number of alkyl halides is 2. The van der Waals surface area contributed by atoms with Crippen molar-refractivity contribution in [3.8, 4) is 28.4 Å². The number of benzene rings is 2. The monoisotopic (exact) mass is 567 g/mol. The first-order chi connectivity index (χ1) is 17.3. The molecule has 36 heavy (non-hydrogen) atoms. The van der Waals surface area contributed by atoms with E-state index in [1.54, 1.807) is 46.4 Å². The van der Waals surface area contributed by atoms with Crippen LogP contribution in [0.15, 0.2) is 65.7 Å². The summed E-state index contributed by atoms with van der Waals surface area (Å²) in [6.45, 7) is 1.24. The molecule has 0 radical (unpaired) electrons. The van der Waals surface area contributed by atoms with Crippen LogP contribution in [0.2, 0.25) is 10.0 Å². The Bertz CT molecular complexity index is 1380. The number of halogens is 4. The lowest BCUT2D eigenvalue weighted by Crippen LogP contribution is -2.14. The molecule has 4 rings (SSSR count). The van der Waals surface area contributed by atoms with Crippen molar-refractivity contribution in [1.82, 2.24) is 19.7 Å². The van der Waals surface area contributed by atoms with E-state index in [9.17, 15) is 13.6 Å². The molecule has 13 heteroatoms. The Labute approximate surface area is 223 Å². The van der Waals surface area contributed by atoms with Crippen LogP contribution >= 0.6 is 46.3 Å². The summed E-state index contributed by atoms with van der Waals surface area (Å²) in [4.78, 5) is 17.0. The van der Waals surface area contributed by atoms with Gasteiger partial charge in [0.1, 0.15) is 5.75 Å². The fraction of sp³-hybridized carbons (Fsp3) is 0.130. The lowest BCUT2D eigenvalue weighted by molar-refractivity contribution is -0.113. The molecule has 0 saturated carbocycles. The van der Waals surface area contributed by atoms with Crippen LogP contribution < -0.4 is 10.1 Å². The summed E-state index contributed by atoms with van der Waals surface area (Å²) in [6.07, 6.45) is 1.67. The van der Waals surface area contributed by atoms with Crippen LogP contribution in [-0.4, -0.2) is 38.0 Å². The molecule has 2 heterocycles. The van der Waals surface area contributed by atoms with Crippen molar-refractivity contribution in [2.24, 2.45) is 0 Å². The van der Waals surface area contributed by atoms with Crippen molar-refractivity contribution < 1.29 is 18.3 Å². The minimum Gasteiger partial charge on any atom is -0.435 e. The molecular formula is C23H17Cl2F2N5O2S2. The van der Waals surface area contributed by atoms with Crippen LogP contribution in [0.25, 0.3) is 22.6 Å². The maximum absolute atomic E-state index is 12.6. The quantitative estimate of drug-likeness (QED) is 0.166. The predicted molar refractivity (Wildman–Crippen MR) is 139 cm³/mol. The number of ether oxygens (including phenoxy) is 1. The van der Waals surface area contributed by atoms with Crippen molar-refractivity contribution in [3.63, 3.8) is 0 Å². The van der Waals surface area contributed by atoms with Crippen molar-refractivity contribution in [3.05, 3.63) is 70.5 Å². The molecule has 2 aromatic carbocycles. The van der Waals surface area contributed by atoms with Gasteiger partial charge in [0.15, 0.2) is 16.1 Å². The third-order valence-corrected chi connectivity index (χ3v) is 6.93. The molecule has 0 bridgehead atoms. The second-order valence-corrected chi connectivity index (χ2v) is 9.75. The summed E-state index contributed by atoms with van der Waals surface area (Å²) < 4.78 is 31.0. The maximum atomic E-state index is 12.6. The Hall–Kier alpha value is -2.99. The Morgan fingerprint density at radius 2 is 2.00 bits per heavy atom. The van der Waals surface area contributed by atoms with Crippen LogP contribution in [0, 0.1) is 0 Å². The molecule has 0 atom stereocenters. The van der Waals surface area contributed by atoms with Gasteiger partial charge in [-0.3, -0.25) is 9.36 Å². The number of hydrogen-bond acceptors (Lipinski definition) is 7. The van der Waals surface area contributed by atoms with E-state index >= 15 is 0 Å². The summed E-state index contributed by atoms with van der Waals surface area (Å²) in [5.74, 6) is 0.336. The molecule has 186 valence electrons. The Balaban J connectivity index is 1.41. The van der Waals surface area contributed by atoms with Gasteiger partial charge in [0.25, 0.3) is 0 Å². The molecule has 0 aliphatic heterocycles. The van der Waals surface area contributed by atoms with Gasteiger partial charge in [-0.15, -0.1) is 28.1 Å². The molecule has 1 N–H and O–H groups in total. The lowest BCUT2D eigenvalue weighted by Gasteiger charge is -2.09. The van der Waals surface area contributed by atoms with Gasteiger partial charge in [0.05, 0.1) is 16.5 Å². The standard InChI is InChI=1S/C23H17Cl2F2N5O2S2/c1-2-9-32-20(13-3-6-15(7-4-13)34-21(26)27)30-31-23(32)36-12-19(33)29-22-28-18(11-35-22)16-8-5-14(24)10-17(16)25/h2-8,10-11,21H,1,9,12H2,(H,28,29,33). The number of hydrogen-bond donors (Lipinski definition) is 1. The van der Waals surface area contributed by atoms with E-state index in [-0.39, 0.29) is 17.4 Å². The highest BCUT2D eigenvalue weighted by molar-refractivity contribution is 7.99. The number of rotatable bonds is 10. The molecule has 1 amide bonds. The smallest absolute Gasteiger partial charge is 0.387 e. The van der Waals surface area contributed by atoms with Gasteiger partial charge in [-0.25, -0.2) is 4.98 Å². The first-order valence-corrected chi connectivity index (χ1v) is 12.9. The average Bonchev–Trinajstić information content (AvgIpc) is 3.45. The first kappa shape index (κ1) is 26.1. The molecule has 0 spiro atoms. The van der Waals surface area contributed by atoms with Gasteiger partial charge in [-0.1, -0.05) is 41.0 Å². The number of carbonyl (C=O) groups excluding carboxylic acids is 1. The normalized spacial score (nSPS) is 11.0. The highest BCUT2D eigenvalue weighted by Gasteiger charge is 2.17. The summed E-state index contributed by atoms with van der Waals surface area (Å²) in [6, 6.07) is 11.2. The number of carbonyl (C=O) groups is 1. The van der Waals surface area contributed by atoms with E-state index < -0.39 is 6.61 Å². The molecular weight excluding hydrogens is 551 g/mol. The lowest BCUT2D eigenvalue weighted by atomic mass is 10.2. The molecule has 2 aromatic heterocycles. The zero-order chi connectivity index (χ0) is 25.7. The van der Waals surface area contributed by atoms with Crippen molar-refractivity contribution >= 4 is 57.3 Å². The van der Waals surface area contributed by atoms with E-state index in [1.807, 2.05) is 0 Å². The third-order valence-electron chi connectivity index (χ3n) is 4.66.